The summed E-state index contributed by atoms with van der Waals surface area (Å²) in [6.07, 6.45) is 2.80. The maximum atomic E-state index is 11.9. The third kappa shape index (κ3) is 5.34. The quantitative estimate of drug-likeness (QED) is 0.475. The van der Waals surface area contributed by atoms with Gasteiger partial charge in [0.1, 0.15) is 4.34 Å². The first kappa shape index (κ1) is 19.5. The van der Waals surface area contributed by atoms with Crippen LogP contribution in [0.15, 0.2) is 22.5 Å². The summed E-state index contributed by atoms with van der Waals surface area (Å²) in [4.78, 5) is 4.36. The number of nitrogens with zero attached hydrogens (tertiary/aromatic N) is 1. The van der Waals surface area contributed by atoms with Crippen molar-refractivity contribution in [1.29, 1.82) is 0 Å². The van der Waals surface area contributed by atoms with Crippen molar-refractivity contribution in [2.24, 2.45) is 0 Å². The lowest BCUT2D eigenvalue weighted by atomic mass is 10.2. The Balaban J connectivity index is 1.66. The van der Waals surface area contributed by atoms with Crippen LogP contribution >= 0.6 is 24.0 Å². The van der Waals surface area contributed by atoms with Crippen molar-refractivity contribution in [3.05, 3.63) is 18.2 Å². The van der Waals surface area contributed by atoms with E-state index in [2.05, 4.69) is 33.7 Å². The molecule has 1 aromatic heterocycles. The predicted molar refractivity (Wildman–Crippen MR) is 106 cm³/mol. The monoisotopic (exact) mass is 387 g/mol. The molecule has 0 saturated carbocycles. The molecule has 0 unspecified atom stereocenters. The molecule has 0 aliphatic heterocycles. The van der Waals surface area contributed by atoms with E-state index >= 15 is 0 Å². The molecule has 1 aromatic carbocycles. The van der Waals surface area contributed by atoms with Crippen LogP contribution < -0.4 is 10.0 Å². The van der Waals surface area contributed by atoms with E-state index in [-0.39, 0.29) is 0 Å². The molecular formula is C16H25N3O2S3. The first-order valence-corrected chi connectivity index (χ1v) is 10.8. The van der Waals surface area contributed by atoms with Crippen molar-refractivity contribution < 1.29 is 8.42 Å². The van der Waals surface area contributed by atoms with Gasteiger partial charge in [-0.2, -0.15) is 0 Å². The molecule has 0 fully saturated rings. The first-order chi connectivity index (χ1) is 11.2. The van der Waals surface area contributed by atoms with Gasteiger partial charge in [0, 0.05) is 18.8 Å². The molecule has 0 aliphatic rings. The standard InChI is InChI=1S/C16H25N3O2S3/c1-16(2,3)24(20,21)18-10-6-4-5-9-17-12-7-8-14-13(11-12)19-15(22)23-14/h7-8,11,17-18H,4-6,9-10H2,1-3H3,(H,19,22). The molecule has 0 amide bonds. The number of thiazole rings is 1. The number of thiol groups is 1. The van der Waals surface area contributed by atoms with Crippen molar-refractivity contribution >= 4 is 49.9 Å². The Morgan fingerprint density at radius 3 is 2.58 bits per heavy atom. The summed E-state index contributed by atoms with van der Waals surface area (Å²) in [5.74, 6) is 0. The number of fused-ring (bicyclic) bond motifs is 1. The molecule has 8 heteroatoms. The van der Waals surface area contributed by atoms with Crippen molar-refractivity contribution in [3.8, 4) is 0 Å². The molecule has 2 rings (SSSR count). The Bertz CT molecular complexity index is 779. The highest BCUT2D eigenvalue weighted by atomic mass is 32.2. The van der Waals surface area contributed by atoms with E-state index in [1.54, 1.807) is 32.1 Å². The van der Waals surface area contributed by atoms with Gasteiger partial charge in [-0.25, -0.2) is 18.1 Å². The largest absolute Gasteiger partial charge is 0.385 e. The number of benzene rings is 1. The van der Waals surface area contributed by atoms with Crippen LogP contribution in [0.3, 0.4) is 0 Å². The third-order valence-electron chi connectivity index (χ3n) is 3.66. The molecule has 0 atom stereocenters. The Hall–Kier alpha value is -0.830. The fourth-order valence-electron chi connectivity index (χ4n) is 2.11. The van der Waals surface area contributed by atoms with Gasteiger partial charge >= 0.3 is 0 Å². The van der Waals surface area contributed by atoms with Crippen molar-refractivity contribution in [1.82, 2.24) is 9.71 Å². The predicted octanol–water partition coefficient (Wildman–Crippen LogP) is 3.89. The lowest BCUT2D eigenvalue weighted by molar-refractivity contribution is 0.540. The summed E-state index contributed by atoms with van der Waals surface area (Å²) in [5.41, 5.74) is 2.01. The Labute approximate surface area is 153 Å². The summed E-state index contributed by atoms with van der Waals surface area (Å²) in [6, 6.07) is 6.13. The van der Waals surface area contributed by atoms with E-state index in [9.17, 15) is 8.42 Å². The second-order valence-corrected chi connectivity index (χ2v) is 11.0. The van der Waals surface area contributed by atoms with E-state index in [1.807, 2.05) is 12.1 Å². The summed E-state index contributed by atoms with van der Waals surface area (Å²) in [6.45, 7) is 6.46. The van der Waals surface area contributed by atoms with Crippen LogP contribution in [-0.4, -0.2) is 31.2 Å². The molecule has 0 bridgehead atoms. The van der Waals surface area contributed by atoms with Gasteiger partial charge in [0.15, 0.2) is 0 Å². The zero-order valence-electron chi connectivity index (χ0n) is 14.3. The fourth-order valence-corrected chi connectivity index (χ4v) is 4.04. The number of anilines is 1. The molecule has 0 aliphatic carbocycles. The molecule has 0 saturated heterocycles. The van der Waals surface area contributed by atoms with Crippen LogP contribution in [0.25, 0.3) is 10.2 Å². The lowest BCUT2D eigenvalue weighted by Crippen LogP contribution is -2.39. The van der Waals surface area contributed by atoms with E-state index in [0.29, 0.717) is 6.54 Å². The minimum Gasteiger partial charge on any atom is -0.385 e. The van der Waals surface area contributed by atoms with Crippen LogP contribution in [0.4, 0.5) is 5.69 Å². The highest BCUT2D eigenvalue weighted by molar-refractivity contribution is 7.90. The molecule has 2 aromatic rings. The summed E-state index contributed by atoms with van der Waals surface area (Å²) >= 11 is 5.84. The number of rotatable bonds is 8. The average Bonchev–Trinajstić information content (AvgIpc) is 2.84. The van der Waals surface area contributed by atoms with Crippen molar-refractivity contribution in [2.45, 2.75) is 49.1 Å². The third-order valence-corrected chi connectivity index (χ3v) is 7.07. The van der Waals surface area contributed by atoms with Gasteiger partial charge in [-0.3, -0.25) is 0 Å². The molecular weight excluding hydrogens is 362 g/mol. The molecule has 1 heterocycles. The number of hydrogen-bond donors (Lipinski definition) is 3. The topological polar surface area (TPSA) is 71.1 Å². The normalized spacial score (nSPS) is 12.7. The van der Waals surface area contributed by atoms with Gasteiger partial charge in [-0.15, -0.1) is 24.0 Å². The molecule has 0 radical (unpaired) electrons. The molecule has 24 heavy (non-hydrogen) atoms. The highest BCUT2D eigenvalue weighted by Gasteiger charge is 2.27. The number of unbranched alkanes of at least 4 members (excludes halogenated alkanes) is 2. The van der Waals surface area contributed by atoms with Gasteiger partial charge in [-0.1, -0.05) is 6.42 Å². The second kappa shape index (κ2) is 8.03. The molecule has 2 N–H and O–H groups in total. The van der Waals surface area contributed by atoms with Crippen LogP contribution in [0.2, 0.25) is 0 Å². The second-order valence-electron chi connectivity index (χ2n) is 6.68. The smallest absolute Gasteiger partial charge is 0.216 e. The van der Waals surface area contributed by atoms with Gasteiger partial charge in [-0.05, 0) is 51.8 Å². The molecule has 134 valence electrons. The Kier molecular flexibility index (Phi) is 6.52. The maximum Gasteiger partial charge on any atom is 0.216 e. The zero-order chi connectivity index (χ0) is 17.8. The number of sulfonamides is 1. The first-order valence-electron chi connectivity index (χ1n) is 8.02. The summed E-state index contributed by atoms with van der Waals surface area (Å²) < 4.78 is 27.6. The van der Waals surface area contributed by atoms with Gasteiger partial charge in [0.25, 0.3) is 0 Å². The fraction of sp³-hybridized carbons (Fsp3) is 0.562. The Morgan fingerprint density at radius 1 is 1.17 bits per heavy atom. The molecule has 5 nitrogen and oxygen atoms in total. The minimum absolute atomic E-state index is 0.495. The van der Waals surface area contributed by atoms with Crippen LogP contribution in [0, 0.1) is 0 Å². The van der Waals surface area contributed by atoms with E-state index < -0.39 is 14.8 Å². The Morgan fingerprint density at radius 2 is 1.88 bits per heavy atom. The maximum absolute atomic E-state index is 11.9. The van der Waals surface area contributed by atoms with Gasteiger partial charge < -0.3 is 5.32 Å². The highest BCUT2D eigenvalue weighted by Crippen LogP contribution is 2.26. The summed E-state index contributed by atoms with van der Waals surface area (Å²) in [7, 11) is -3.23. The van der Waals surface area contributed by atoms with Gasteiger partial charge in [0.05, 0.1) is 15.0 Å². The van der Waals surface area contributed by atoms with Crippen molar-refractivity contribution in [3.63, 3.8) is 0 Å². The van der Waals surface area contributed by atoms with Gasteiger partial charge in [0.2, 0.25) is 10.0 Å². The SMILES string of the molecule is CC(C)(C)S(=O)(=O)NCCCCCNc1ccc2sc(S)nc2c1. The minimum atomic E-state index is -3.23. The van der Waals surface area contributed by atoms with Crippen LogP contribution in [0.1, 0.15) is 40.0 Å². The van der Waals surface area contributed by atoms with Crippen LogP contribution in [-0.2, 0) is 10.0 Å². The number of hydrogen-bond acceptors (Lipinski definition) is 6. The van der Waals surface area contributed by atoms with E-state index in [1.165, 1.54) is 0 Å². The van der Waals surface area contributed by atoms with E-state index in [4.69, 9.17) is 0 Å². The lowest BCUT2D eigenvalue weighted by Gasteiger charge is -2.19. The summed E-state index contributed by atoms with van der Waals surface area (Å²) in [5, 5.41) is 3.38. The number of nitrogens with one attached hydrogen (secondary N) is 2. The van der Waals surface area contributed by atoms with E-state index in [0.717, 1.165) is 46.1 Å². The number of aromatic nitrogens is 1. The van der Waals surface area contributed by atoms with Crippen LogP contribution in [0.5, 0.6) is 0 Å². The zero-order valence-corrected chi connectivity index (χ0v) is 16.8. The molecule has 0 spiro atoms. The van der Waals surface area contributed by atoms with Crippen molar-refractivity contribution in [2.75, 3.05) is 18.4 Å². The average molecular weight is 388 g/mol.